The highest BCUT2D eigenvalue weighted by atomic mass is 16.5. The van der Waals surface area contributed by atoms with Crippen molar-refractivity contribution in [3.05, 3.63) is 30.3 Å². The Balaban J connectivity index is 2.63. The first kappa shape index (κ1) is 16.1. The number of aliphatic carboxylic acids is 1. The molecule has 6 nitrogen and oxygen atoms in total. The number of para-hydroxylation sites is 1. The Kier molecular flexibility index (Phi) is 7.31. The normalized spacial score (nSPS) is 10.2. The zero-order valence-corrected chi connectivity index (χ0v) is 11.3. The summed E-state index contributed by atoms with van der Waals surface area (Å²) in [5.74, 6) is -1.07. The molecule has 0 heterocycles. The summed E-state index contributed by atoms with van der Waals surface area (Å²) in [7, 11) is 0. The van der Waals surface area contributed by atoms with Gasteiger partial charge in [0, 0.05) is 25.2 Å². The average Bonchev–Trinajstić information content (AvgIpc) is 2.44. The molecule has 0 aromatic heterocycles. The van der Waals surface area contributed by atoms with E-state index in [4.69, 9.17) is 15.6 Å². The van der Waals surface area contributed by atoms with Gasteiger partial charge in [0.1, 0.15) is 6.61 Å². The molecular formula is C14H20N2O4. The number of carboxylic acids is 1. The Morgan fingerprint density at radius 1 is 1.25 bits per heavy atom. The Bertz CT molecular complexity index is 422. The lowest BCUT2D eigenvalue weighted by Gasteiger charge is -2.22. The van der Waals surface area contributed by atoms with Crippen LogP contribution in [0.2, 0.25) is 0 Å². The Morgan fingerprint density at radius 3 is 2.55 bits per heavy atom. The lowest BCUT2D eigenvalue weighted by atomic mass is 10.2. The maximum Gasteiger partial charge on any atom is 0.303 e. The van der Waals surface area contributed by atoms with Crippen molar-refractivity contribution in [3.63, 3.8) is 0 Å². The van der Waals surface area contributed by atoms with Gasteiger partial charge in [-0.3, -0.25) is 9.59 Å². The maximum absolute atomic E-state index is 12.1. The van der Waals surface area contributed by atoms with Crippen LogP contribution in [0.15, 0.2) is 30.3 Å². The van der Waals surface area contributed by atoms with Gasteiger partial charge in [-0.05, 0) is 18.6 Å². The predicted molar refractivity (Wildman–Crippen MR) is 75.5 cm³/mol. The highest BCUT2D eigenvalue weighted by Gasteiger charge is 2.15. The second-order valence-corrected chi connectivity index (χ2v) is 4.22. The van der Waals surface area contributed by atoms with Crippen LogP contribution < -0.4 is 10.6 Å². The number of carbonyl (C=O) groups excluding carboxylic acids is 1. The minimum Gasteiger partial charge on any atom is -0.481 e. The number of carbonyl (C=O) groups is 2. The number of anilines is 1. The SMILES string of the molecule is NCCOCC(=O)N(CCCC(=O)O)c1ccccc1. The molecule has 0 saturated heterocycles. The molecule has 0 spiro atoms. The molecule has 1 rings (SSSR count). The van der Waals surface area contributed by atoms with Crippen LogP contribution in [0, 0.1) is 0 Å². The molecule has 110 valence electrons. The number of hydrogen-bond acceptors (Lipinski definition) is 4. The van der Waals surface area contributed by atoms with E-state index >= 15 is 0 Å². The number of benzene rings is 1. The first-order valence-electron chi connectivity index (χ1n) is 6.50. The molecular weight excluding hydrogens is 260 g/mol. The van der Waals surface area contributed by atoms with E-state index in [2.05, 4.69) is 0 Å². The van der Waals surface area contributed by atoms with Crippen molar-refractivity contribution in [1.29, 1.82) is 0 Å². The van der Waals surface area contributed by atoms with Gasteiger partial charge in [0.05, 0.1) is 6.61 Å². The van der Waals surface area contributed by atoms with Crippen molar-refractivity contribution in [2.75, 3.05) is 31.2 Å². The number of rotatable bonds is 9. The maximum atomic E-state index is 12.1. The molecule has 6 heteroatoms. The molecule has 1 amide bonds. The third-order valence-corrected chi connectivity index (χ3v) is 2.63. The molecule has 0 aliphatic rings. The van der Waals surface area contributed by atoms with Crippen LogP contribution in [-0.2, 0) is 14.3 Å². The molecule has 0 aliphatic heterocycles. The molecule has 0 saturated carbocycles. The standard InChI is InChI=1S/C14H20N2O4/c15-8-10-20-11-13(17)16(9-4-7-14(18)19)12-5-2-1-3-6-12/h1-3,5-6H,4,7-11,15H2,(H,18,19). The second kappa shape index (κ2) is 9.06. The van der Waals surface area contributed by atoms with Crippen LogP contribution in [0.4, 0.5) is 5.69 Å². The van der Waals surface area contributed by atoms with Crippen molar-refractivity contribution in [2.45, 2.75) is 12.8 Å². The fourth-order valence-corrected chi connectivity index (χ4v) is 1.71. The van der Waals surface area contributed by atoms with Crippen LogP contribution in [0.3, 0.4) is 0 Å². The van der Waals surface area contributed by atoms with Crippen LogP contribution in [0.25, 0.3) is 0 Å². The smallest absolute Gasteiger partial charge is 0.303 e. The Hall–Kier alpha value is -1.92. The van der Waals surface area contributed by atoms with Crippen molar-refractivity contribution < 1.29 is 19.4 Å². The molecule has 1 aromatic carbocycles. The third kappa shape index (κ3) is 5.81. The van der Waals surface area contributed by atoms with E-state index in [0.717, 1.165) is 5.69 Å². The van der Waals surface area contributed by atoms with Crippen LogP contribution in [-0.4, -0.2) is 43.3 Å². The van der Waals surface area contributed by atoms with Gasteiger partial charge in [0.15, 0.2) is 0 Å². The van der Waals surface area contributed by atoms with Crippen LogP contribution in [0.1, 0.15) is 12.8 Å². The summed E-state index contributed by atoms with van der Waals surface area (Å²) >= 11 is 0. The fraction of sp³-hybridized carbons (Fsp3) is 0.429. The van der Waals surface area contributed by atoms with Gasteiger partial charge in [-0.2, -0.15) is 0 Å². The summed E-state index contributed by atoms with van der Waals surface area (Å²) in [6, 6.07) is 9.12. The number of nitrogens with two attached hydrogens (primary N) is 1. The molecule has 0 aliphatic carbocycles. The molecule has 0 atom stereocenters. The lowest BCUT2D eigenvalue weighted by Crippen LogP contribution is -2.35. The monoisotopic (exact) mass is 280 g/mol. The molecule has 20 heavy (non-hydrogen) atoms. The average molecular weight is 280 g/mol. The summed E-state index contributed by atoms with van der Waals surface area (Å²) in [6.45, 7) is 0.974. The predicted octanol–water partition coefficient (Wildman–Crippen LogP) is 0.860. The van der Waals surface area contributed by atoms with Crippen molar-refractivity contribution >= 4 is 17.6 Å². The minimum absolute atomic E-state index is 0.0280. The van der Waals surface area contributed by atoms with Crippen LogP contribution in [0.5, 0.6) is 0 Å². The first-order chi connectivity index (χ1) is 9.65. The first-order valence-corrected chi connectivity index (χ1v) is 6.50. The van der Waals surface area contributed by atoms with Crippen LogP contribution >= 0.6 is 0 Å². The largest absolute Gasteiger partial charge is 0.481 e. The van der Waals surface area contributed by atoms with Gasteiger partial charge in [0.25, 0.3) is 5.91 Å². The van der Waals surface area contributed by atoms with Gasteiger partial charge in [-0.1, -0.05) is 18.2 Å². The van der Waals surface area contributed by atoms with Gasteiger partial charge in [-0.25, -0.2) is 0 Å². The summed E-state index contributed by atoms with van der Waals surface area (Å²) in [5, 5.41) is 8.67. The van der Waals surface area contributed by atoms with E-state index in [9.17, 15) is 9.59 Å². The summed E-state index contributed by atoms with van der Waals surface area (Å²) in [5.41, 5.74) is 6.04. The van der Waals surface area contributed by atoms with Gasteiger partial charge in [0.2, 0.25) is 0 Å². The molecule has 3 N–H and O–H groups in total. The zero-order chi connectivity index (χ0) is 14.8. The van der Waals surface area contributed by atoms with Gasteiger partial charge >= 0.3 is 5.97 Å². The number of hydrogen-bond donors (Lipinski definition) is 2. The Morgan fingerprint density at radius 2 is 1.95 bits per heavy atom. The third-order valence-electron chi connectivity index (χ3n) is 2.63. The number of carboxylic acid groups (broad SMARTS) is 1. The Labute approximate surface area is 118 Å². The van der Waals surface area contributed by atoms with E-state index < -0.39 is 5.97 Å². The second-order valence-electron chi connectivity index (χ2n) is 4.22. The van der Waals surface area contributed by atoms with E-state index in [-0.39, 0.29) is 18.9 Å². The van der Waals surface area contributed by atoms with E-state index in [0.29, 0.717) is 26.1 Å². The number of ether oxygens (including phenoxy) is 1. The molecule has 0 bridgehead atoms. The number of nitrogens with zero attached hydrogens (tertiary/aromatic N) is 1. The fourth-order valence-electron chi connectivity index (χ4n) is 1.71. The number of amides is 1. The molecule has 0 unspecified atom stereocenters. The minimum atomic E-state index is -0.871. The van der Waals surface area contributed by atoms with Crippen molar-refractivity contribution in [1.82, 2.24) is 0 Å². The highest BCUT2D eigenvalue weighted by molar-refractivity contribution is 5.94. The quantitative estimate of drug-likeness (QED) is 0.654. The lowest BCUT2D eigenvalue weighted by molar-refractivity contribution is -0.137. The summed E-state index contributed by atoms with van der Waals surface area (Å²) < 4.78 is 5.14. The molecule has 1 aromatic rings. The van der Waals surface area contributed by atoms with Crippen molar-refractivity contribution in [2.24, 2.45) is 5.73 Å². The van der Waals surface area contributed by atoms with E-state index in [1.165, 1.54) is 0 Å². The summed E-state index contributed by atoms with van der Waals surface area (Å²) in [6.07, 6.45) is 0.424. The van der Waals surface area contributed by atoms with E-state index in [1.807, 2.05) is 30.3 Å². The highest BCUT2D eigenvalue weighted by Crippen LogP contribution is 2.14. The topological polar surface area (TPSA) is 92.9 Å². The molecule has 0 radical (unpaired) electrons. The van der Waals surface area contributed by atoms with Crippen molar-refractivity contribution in [3.8, 4) is 0 Å². The molecule has 0 fully saturated rings. The summed E-state index contributed by atoms with van der Waals surface area (Å²) in [4.78, 5) is 24.2. The van der Waals surface area contributed by atoms with E-state index in [1.54, 1.807) is 4.90 Å². The van der Waals surface area contributed by atoms with Gasteiger partial charge < -0.3 is 20.5 Å². The zero-order valence-electron chi connectivity index (χ0n) is 11.3. The van der Waals surface area contributed by atoms with Gasteiger partial charge in [-0.15, -0.1) is 0 Å².